The first-order chi connectivity index (χ1) is 13.4. The van der Waals surface area contributed by atoms with Crippen molar-refractivity contribution in [2.75, 3.05) is 29.6 Å². The van der Waals surface area contributed by atoms with E-state index in [0.717, 1.165) is 47.7 Å². The van der Waals surface area contributed by atoms with E-state index in [0.29, 0.717) is 13.2 Å². The fourth-order valence-electron chi connectivity index (χ4n) is 2.95. The lowest BCUT2D eigenvalue weighted by Crippen LogP contribution is -2.15. The van der Waals surface area contributed by atoms with Crippen molar-refractivity contribution in [2.24, 2.45) is 4.99 Å². The molecule has 1 aromatic carbocycles. The van der Waals surface area contributed by atoms with Gasteiger partial charge in [0.25, 0.3) is 0 Å². The maximum atomic E-state index is 5.67. The van der Waals surface area contributed by atoms with Crippen molar-refractivity contribution in [3.05, 3.63) is 59.4 Å². The van der Waals surface area contributed by atoms with Gasteiger partial charge < -0.3 is 9.47 Å². The van der Waals surface area contributed by atoms with Crippen LogP contribution in [-0.2, 0) is 0 Å². The molecule has 2 aliphatic rings. The summed E-state index contributed by atoms with van der Waals surface area (Å²) in [6.45, 7) is 2.10. The summed E-state index contributed by atoms with van der Waals surface area (Å²) >= 11 is 4.30. The van der Waals surface area contributed by atoms with Gasteiger partial charge in [-0.05, 0) is 64.2 Å². The van der Waals surface area contributed by atoms with Crippen molar-refractivity contribution >= 4 is 57.0 Å². The predicted octanol–water partition coefficient (Wildman–Crippen LogP) is 5.62. The maximum absolute atomic E-state index is 5.67. The highest BCUT2D eigenvalue weighted by Crippen LogP contribution is 2.32. The number of nitrogens with zero attached hydrogens (tertiary/aromatic N) is 2. The molecule has 1 aromatic heterocycles. The van der Waals surface area contributed by atoms with Crippen molar-refractivity contribution in [1.29, 1.82) is 0 Å². The number of rotatable bonds is 2. The molecule has 0 amide bonds. The minimum atomic E-state index is 0.607. The van der Waals surface area contributed by atoms with Gasteiger partial charge in [0.05, 0.1) is 5.71 Å². The molecule has 0 saturated carbocycles. The highest BCUT2D eigenvalue weighted by molar-refractivity contribution is 14.1. The summed E-state index contributed by atoms with van der Waals surface area (Å²) in [4.78, 5) is 12.9. The largest absolute Gasteiger partial charge is 0.486 e. The molecular weight excluding hydrogens is 566 g/mol. The summed E-state index contributed by atoms with van der Waals surface area (Å²) < 4.78 is 11.3. The van der Waals surface area contributed by atoms with E-state index in [1.165, 1.54) is 5.57 Å². The van der Waals surface area contributed by atoms with Crippen LogP contribution in [0.25, 0.3) is 6.08 Å². The van der Waals surface area contributed by atoms with E-state index in [-0.39, 0.29) is 0 Å². The molecule has 0 radical (unpaired) electrons. The lowest BCUT2D eigenvalue weighted by Gasteiger charge is -2.19. The summed E-state index contributed by atoms with van der Waals surface area (Å²) in [5.74, 6) is 1.64. The van der Waals surface area contributed by atoms with Gasteiger partial charge in [-0.25, -0.2) is 0 Å². The topological polar surface area (TPSA) is 43.7 Å². The molecular formula is C21H24I2N2O2. The number of ether oxygens (including phenoxy) is 2. The first-order valence-corrected chi connectivity index (χ1v) is 13.0. The van der Waals surface area contributed by atoms with Crippen LogP contribution in [0, 0.1) is 0 Å². The molecule has 0 bridgehead atoms. The van der Waals surface area contributed by atoms with E-state index in [4.69, 9.17) is 14.5 Å². The molecule has 2 aliphatic heterocycles. The zero-order valence-electron chi connectivity index (χ0n) is 15.6. The monoisotopic (exact) mass is 590 g/mol. The number of alkyl halides is 2. The normalized spacial score (nSPS) is 16.3. The highest BCUT2D eigenvalue weighted by atomic mass is 127. The van der Waals surface area contributed by atoms with Crippen LogP contribution < -0.4 is 9.47 Å². The number of aliphatic imine (C=N–C) groups is 1. The van der Waals surface area contributed by atoms with Crippen molar-refractivity contribution < 1.29 is 9.47 Å². The van der Waals surface area contributed by atoms with Gasteiger partial charge in [-0.3, -0.25) is 9.98 Å². The number of benzene rings is 1. The van der Waals surface area contributed by atoms with Crippen LogP contribution >= 0.6 is 45.2 Å². The van der Waals surface area contributed by atoms with Gasteiger partial charge in [0.1, 0.15) is 13.2 Å². The van der Waals surface area contributed by atoms with E-state index < -0.39 is 0 Å². The number of hydrogen-bond donors (Lipinski definition) is 0. The van der Waals surface area contributed by atoms with Gasteiger partial charge in [-0.15, -0.1) is 0 Å². The van der Waals surface area contributed by atoms with Crippen LogP contribution in [0.4, 0.5) is 0 Å². The highest BCUT2D eigenvalue weighted by Gasteiger charge is 2.15. The van der Waals surface area contributed by atoms with Gasteiger partial charge in [-0.1, -0.05) is 51.2 Å². The zero-order valence-corrected chi connectivity index (χ0v) is 19.9. The zero-order chi connectivity index (χ0) is 19.5. The molecule has 0 unspecified atom stereocenters. The standard InChI is InChI=1S/C19H18N2O2.2CH3I/c1-4-16(13-20-7-1)19-15(3-2-8-21-19)11-14-5-6-17-18(12-14)23-10-9-22-17;2*1-2/h1,4-7,11-13H,2-3,8-10H2;2*1H3/b15-11+;;. The SMILES string of the molecule is C(=C1/CCCN=C1c1cccnc1)/c1ccc2c(c1)OCCO2.CI.CI. The van der Waals surface area contributed by atoms with Gasteiger partial charge in [-0.2, -0.15) is 0 Å². The number of hydrogen-bond acceptors (Lipinski definition) is 4. The van der Waals surface area contributed by atoms with Gasteiger partial charge in [0.15, 0.2) is 11.5 Å². The summed E-state index contributed by atoms with van der Waals surface area (Å²) in [5, 5.41) is 0. The van der Waals surface area contributed by atoms with Crippen LogP contribution in [-0.4, -0.2) is 40.3 Å². The first kappa shape index (κ1) is 22.1. The Balaban J connectivity index is 0.000000614. The smallest absolute Gasteiger partial charge is 0.161 e. The Kier molecular flexibility index (Phi) is 10.1. The van der Waals surface area contributed by atoms with Crippen molar-refractivity contribution in [2.45, 2.75) is 12.8 Å². The van der Waals surface area contributed by atoms with E-state index in [1.807, 2.05) is 34.3 Å². The maximum Gasteiger partial charge on any atom is 0.161 e. The molecule has 0 aliphatic carbocycles. The predicted molar refractivity (Wildman–Crippen MR) is 130 cm³/mol. The van der Waals surface area contributed by atoms with Crippen molar-refractivity contribution in [3.63, 3.8) is 0 Å². The molecule has 3 heterocycles. The number of fused-ring (bicyclic) bond motifs is 1. The van der Waals surface area contributed by atoms with E-state index >= 15 is 0 Å². The fourth-order valence-corrected chi connectivity index (χ4v) is 2.95. The molecule has 144 valence electrons. The van der Waals surface area contributed by atoms with Crippen LogP contribution in [0.15, 0.2) is 53.3 Å². The molecule has 0 saturated heterocycles. The minimum Gasteiger partial charge on any atom is -0.486 e. The molecule has 4 rings (SSSR count). The van der Waals surface area contributed by atoms with E-state index in [9.17, 15) is 0 Å². The molecule has 4 nitrogen and oxygen atoms in total. The average molecular weight is 590 g/mol. The van der Waals surface area contributed by atoms with Crippen LogP contribution in [0.5, 0.6) is 11.5 Å². The third-order valence-electron chi connectivity index (χ3n) is 4.02. The Morgan fingerprint density at radius 2 is 1.78 bits per heavy atom. The Hall–Kier alpha value is -1.16. The number of aromatic nitrogens is 1. The van der Waals surface area contributed by atoms with Crippen LogP contribution in [0.3, 0.4) is 0 Å². The summed E-state index contributed by atoms with van der Waals surface area (Å²) in [5.41, 5.74) is 4.50. The molecule has 27 heavy (non-hydrogen) atoms. The quantitative estimate of drug-likeness (QED) is 0.337. The first-order valence-electron chi connectivity index (χ1n) is 8.71. The fraction of sp³-hybridized carbons (Fsp3) is 0.333. The van der Waals surface area contributed by atoms with E-state index in [2.05, 4.69) is 68.4 Å². The van der Waals surface area contributed by atoms with Crippen molar-refractivity contribution in [3.8, 4) is 11.5 Å². The van der Waals surface area contributed by atoms with Gasteiger partial charge >= 0.3 is 0 Å². The Morgan fingerprint density at radius 1 is 1.00 bits per heavy atom. The van der Waals surface area contributed by atoms with Crippen LogP contribution in [0.2, 0.25) is 0 Å². The Morgan fingerprint density at radius 3 is 2.52 bits per heavy atom. The number of pyridine rings is 1. The van der Waals surface area contributed by atoms with E-state index in [1.54, 1.807) is 6.20 Å². The van der Waals surface area contributed by atoms with Gasteiger partial charge in [0.2, 0.25) is 0 Å². The average Bonchev–Trinajstić information content (AvgIpc) is 2.77. The second kappa shape index (κ2) is 12.3. The lowest BCUT2D eigenvalue weighted by molar-refractivity contribution is 0.171. The number of allylic oxidation sites excluding steroid dienone is 1. The second-order valence-electron chi connectivity index (χ2n) is 5.65. The molecule has 2 aromatic rings. The number of halogens is 2. The summed E-state index contributed by atoms with van der Waals surface area (Å²) in [7, 11) is 0. The molecule has 0 spiro atoms. The lowest BCUT2D eigenvalue weighted by atomic mass is 9.95. The molecule has 0 fully saturated rings. The minimum absolute atomic E-state index is 0.607. The molecule has 6 heteroatoms. The third-order valence-corrected chi connectivity index (χ3v) is 4.02. The molecule has 0 atom stereocenters. The van der Waals surface area contributed by atoms with Crippen molar-refractivity contribution in [1.82, 2.24) is 4.98 Å². The van der Waals surface area contributed by atoms with Crippen LogP contribution in [0.1, 0.15) is 24.0 Å². The second-order valence-corrected chi connectivity index (χ2v) is 5.65. The Labute approximate surface area is 188 Å². The summed E-state index contributed by atoms with van der Waals surface area (Å²) in [6.07, 6.45) is 7.98. The Bertz CT molecular complexity index is 777. The molecule has 0 N–H and O–H groups in total. The summed E-state index contributed by atoms with van der Waals surface area (Å²) in [6, 6.07) is 10.1. The third kappa shape index (κ3) is 6.17. The van der Waals surface area contributed by atoms with Gasteiger partial charge in [0, 0.05) is 24.5 Å².